The van der Waals surface area contributed by atoms with Crippen LogP contribution in [0.25, 0.3) is 0 Å². The lowest BCUT2D eigenvalue weighted by Crippen LogP contribution is -2.42. The predicted octanol–water partition coefficient (Wildman–Crippen LogP) is 1.40. The SMILES string of the molecule is CCCC(CC)NCCC(=O)N1CCOCC1. The van der Waals surface area contributed by atoms with Gasteiger partial charge in [-0.15, -0.1) is 0 Å². The van der Waals surface area contributed by atoms with Gasteiger partial charge in [0.15, 0.2) is 0 Å². The Morgan fingerprint density at radius 1 is 1.35 bits per heavy atom. The maximum absolute atomic E-state index is 11.9. The molecule has 0 aromatic rings. The molecule has 1 saturated heterocycles. The van der Waals surface area contributed by atoms with E-state index in [4.69, 9.17) is 4.74 Å². The number of hydrogen-bond donors (Lipinski definition) is 1. The van der Waals surface area contributed by atoms with E-state index in [9.17, 15) is 4.79 Å². The van der Waals surface area contributed by atoms with E-state index < -0.39 is 0 Å². The van der Waals surface area contributed by atoms with Gasteiger partial charge < -0.3 is 15.0 Å². The van der Waals surface area contributed by atoms with Crippen molar-refractivity contribution in [3.63, 3.8) is 0 Å². The normalized spacial score (nSPS) is 18.1. The molecule has 17 heavy (non-hydrogen) atoms. The minimum atomic E-state index is 0.257. The summed E-state index contributed by atoms with van der Waals surface area (Å²) in [5, 5.41) is 3.46. The summed E-state index contributed by atoms with van der Waals surface area (Å²) >= 11 is 0. The third-order valence-electron chi connectivity index (χ3n) is 3.27. The fraction of sp³-hybridized carbons (Fsp3) is 0.923. The van der Waals surface area contributed by atoms with Gasteiger partial charge in [-0.3, -0.25) is 4.79 Å². The van der Waals surface area contributed by atoms with Crippen LogP contribution in [0, 0.1) is 0 Å². The number of nitrogens with zero attached hydrogens (tertiary/aromatic N) is 1. The van der Waals surface area contributed by atoms with Crippen LogP contribution in [0.2, 0.25) is 0 Å². The second kappa shape index (κ2) is 8.48. The van der Waals surface area contributed by atoms with Crippen LogP contribution >= 0.6 is 0 Å². The maximum atomic E-state index is 11.9. The fourth-order valence-corrected chi connectivity index (χ4v) is 2.15. The van der Waals surface area contributed by atoms with Crippen LogP contribution < -0.4 is 5.32 Å². The lowest BCUT2D eigenvalue weighted by Gasteiger charge is -2.27. The summed E-state index contributed by atoms with van der Waals surface area (Å²) in [5.74, 6) is 0.257. The Labute approximate surface area is 105 Å². The molecule has 1 fully saturated rings. The van der Waals surface area contributed by atoms with E-state index in [1.165, 1.54) is 12.8 Å². The van der Waals surface area contributed by atoms with Crippen LogP contribution in [0.4, 0.5) is 0 Å². The number of nitrogens with one attached hydrogen (secondary N) is 1. The highest BCUT2D eigenvalue weighted by Gasteiger charge is 2.16. The molecule has 1 heterocycles. The van der Waals surface area contributed by atoms with Crippen LogP contribution in [0.15, 0.2) is 0 Å². The Morgan fingerprint density at radius 2 is 2.06 bits per heavy atom. The quantitative estimate of drug-likeness (QED) is 0.734. The lowest BCUT2D eigenvalue weighted by molar-refractivity contribution is -0.135. The van der Waals surface area contributed by atoms with Gasteiger partial charge in [-0.1, -0.05) is 20.3 Å². The Bertz CT molecular complexity index is 215. The van der Waals surface area contributed by atoms with Crippen molar-refractivity contribution in [2.75, 3.05) is 32.8 Å². The van der Waals surface area contributed by atoms with E-state index >= 15 is 0 Å². The van der Waals surface area contributed by atoms with Crippen molar-refractivity contribution in [3.05, 3.63) is 0 Å². The molecule has 0 aliphatic carbocycles. The second-order valence-corrected chi connectivity index (χ2v) is 4.59. The van der Waals surface area contributed by atoms with Crippen molar-refractivity contribution < 1.29 is 9.53 Å². The molecule has 0 saturated carbocycles. The van der Waals surface area contributed by atoms with E-state index in [2.05, 4.69) is 19.2 Å². The number of ether oxygens (including phenoxy) is 1. The molecule has 0 bridgehead atoms. The Hall–Kier alpha value is -0.610. The molecule has 1 aliphatic rings. The average molecular weight is 242 g/mol. The average Bonchev–Trinajstić information content (AvgIpc) is 2.38. The summed E-state index contributed by atoms with van der Waals surface area (Å²) in [5.41, 5.74) is 0. The smallest absolute Gasteiger partial charge is 0.224 e. The summed E-state index contributed by atoms with van der Waals surface area (Å²) in [6.45, 7) is 8.07. The lowest BCUT2D eigenvalue weighted by atomic mass is 10.1. The molecule has 0 aromatic carbocycles. The first-order valence-electron chi connectivity index (χ1n) is 6.86. The largest absolute Gasteiger partial charge is 0.378 e. The van der Waals surface area contributed by atoms with Crippen molar-refractivity contribution in [2.45, 2.75) is 45.6 Å². The van der Waals surface area contributed by atoms with Crippen LogP contribution in [-0.2, 0) is 9.53 Å². The zero-order chi connectivity index (χ0) is 12.5. The first-order chi connectivity index (χ1) is 8.27. The summed E-state index contributed by atoms with van der Waals surface area (Å²) in [6, 6.07) is 0.567. The molecule has 1 N–H and O–H groups in total. The van der Waals surface area contributed by atoms with Gasteiger partial charge in [0.25, 0.3) is 0 Å². The van der Waals surface area contributed by atoms with Gasteiger partial charge in [-0.25, -0.2) is 0 Å². The predicted molar refractivity (Wildman–Crippen MR) is 69.0 cm³/mol. The van der Waals surface area contributed by atoms with Gasteiger partial charge in [-0.05, 0) is 12.8 Å². The van der Waals surface area contributed by atoms with Crippen molar-refractivity contribution in [1.29, 1.82) is 0 Å². The molecule has 1 atom stereocenters. The molecular weight excluding hydrogens is 216 g/mol. The van der Waals surface area contributed by atoms with E-state index in [-0.39, 0.29) is 5.91 Å². The first-order valence-corrected chi connectivity index (χ1v) is 6.86. The van der Waals surface area contributed by atoms with Crippen LogP contribution in [0.3, 0.4) is 0 Å². The van der Waals surface area contributed by atoms with Gasteiger partial charge in [0, 0.05) is 32.1 Å². The standard InChI is InChI=1S/C13H26N2O2/c1-3-5-12(4-2)14-7-6-13(16)15-8-10-17-11-9-15/h12,14H,3-11H2,1-2H3. The van der Waals surface area contributed by atoms with Crippen LogP contribution in [-0.4, -0.2) is 49.7 Å². The monoisotopic (exact) mass is 242 g/mol. The molecule has 0 aromatic heterocycles. The third-order valence-corrected chi connectivity index (χ3v) is 3.27. The van der Waals surface area contributed by atoms with Crippen molar-refractivity contribution in [2.24, 2.45) is 0 Å². The summed E-state index contributed by atoms with van der Waals surface area (Å²) in [4.78, 5) is 13.8. The zero-order valence-corrected chi connectivity index (χ0v) is 11.2. The molecule has 1 aliphatic heterocycles. The molecular formula is C13H26N2O2. The maximum Gasteiger partial charge on any atom is 0.224 e. The highest BCUT2D eigenvalue weighted by Crippen LogP contribution is 2.02. The van der Waals surface area contributed by atoms with E-state index in [1.807, 2.05) is 4.90 Å². The van der Waals surface area contributed by atoms with Gasteiger partial charge in [0.1, 0.15) is 0 Å². The molecule has 1 amide bonds. The number of rotatable bonds is 7. The summed E-state index contributed by atoms with van der Waals surface area (Å²) < 4.78 is 5.23. The molecule has 0 radical (unpaired) electrons. The van der Waals surface area contributed by atoms with Crippen LogP contribution in [0.5, 0.6) is 0 Å². The minimum absolute atomic E-state index is 0.257. The summed E-state index contributed by atoms with van der Waals surface area (Å²) in [6.07, 6.45) is 4.14. The molecule has 4 heteroatoms. The fourth-order valence-electron chi connectivity index (χ4n) is 2.15. The molecule has 1 unspecified atom stereocenters. The first kappa shape index (κ1) is 14.5. The topological polar surface area (TPSA) is 41.6 Å². The van der Waals surface area contributed by atoms with E-state index in [0.29, 0.717) is 25.7 Å². The highest BCUT2D eigenvalue weighted by atomic mass is 16.5. The Balaban J connectivity index is 2.14. The van der Waals surface area contributed by atoms with Gasteiger partial charge >= 0.3 is 0 Å². The van der Waals surface area contributed by atoms with Crippen LogP contribution in [0.1, 0.15) is 39.5 Å². The van der Waals surface area contributed by atoms with Crippen molar-refractivity contribution >= 4 is 5.91 Å². The molecule has 1 rings (SSSR count). The number of amides is 1. The number of hydrogen-bond acceptors (Lipinski definition) is 3. The van der Waals surface area contributed by atoms with Gasteiger partial charge in [0.05, 0.1) is 13.2 Å². The number of morpholine rings is 1. The molecule has 100 valence electrons. The molecule has 0 spiro atoms. The Morgan fingerprint density at radius 3 is 2.65 bits per heavy atom. The van der Waals surface area contributed by atoms with E-state index in [0.717, 1.165) is 26.1 Å². The highest BCUT2D eigenvalue weighted by molar-refractivity contribution is 5.76. The van der Waals surface area contributed by atoms with Gasteiger partial charge in [-0.2, -0.15) is 0 Å². The van der Waals surface area contributed by atoms with Gasteiger partial charge in [0.2, 0.25) is 5.91 Å². The van der Waals surface area contributed by atoms with E-state index in [1.54, 1.807) is 0 Å². The number of carbonyl (C=O) groups excluding carboxylic acids is 1. The summed E-state index contributed by atoms with van der Waals surface area (Å²) in [7, 11) is 0. The Kier molecular flexibility index (Phi) is 7.21. The van der Waals surface area contributed by atoms with Crippen molar-refractivity contribution in [1.82, 2.24) is 10.2 Å². The molecule has 4 nitrogen and oxygen atoms in total. The number of carbonyl (C=O) groups is 1. The minimum Gasteiger partial charge on any atom is -0.378 e. The third kappa shape index (κ3) is 5.50. The second-order valence-electron chi connectivity index (χ2n) is 4.59. The van der Waals surface area contributed by atoms with Crippen molar-refractivity contribution in [3.8, 4) is 0 Å². The zero-order valence-electron chi connectivity index (χ0n) is 11.2.